The summed E-state index contributed by atoms with van der Waals surface area (Å²) >= 11 is 1.47. The molecule has 3 N–H and O–H groups in total. The number of primary amides is 1. The zero-order chi connectivity index (χ0) is 16.2. The molecule has 0 aliphatic heterocycles. The molecule has 0 bridgehead atoms. The Morgan fingerprint density at radius 2 is 2.09 bits per heavy atom. The van der Waals surface area contributed by atoms with E-state index in [9.17, 15) is 9.59 Å². The third kappa shape index (κ3) is 3.53. The number of fused-ring (bicyclic) bond motifs is 1. The molecule has 0 saturated carbocycles. The van der Waals surface area contributed by atoms with E-state index in [1.54, 1.807) is 24.5 Å². The first-order valence-corrected chi connectivity index (χ1v) is 8.43. The molecule has 5 nitrogen and oxygen atoms in total. The van der Waals surface area contributed by atoms with E-state index < -0.39 is 5.91 Å². The number of hydrogen-bond acceptors (Lipinski definition) is 4. The Balaban J connectivity index is 1.82. The van der Waals surface area contributed by atoms with Crippen molar-refractivity contribution in [2.24, 2.45) is 5.73 Å². The molecule has 2 aromatic heterocycles. The normalized spacial score (nSPS) is 14.4. The third-order valence-corrected chi connectivity index (χ3v) is 5.05. The second-order valence-electron chi connectivity index (χ2n) is 5.47. The Morgan fingerprint density at radius 3 is 2.83 bits per heavy atom. The van der Waals surface area contributed by atoms with Gasteiger partial charge in [0.25, 0.3) is 5.91 Å². The van der Waals surface area contributed by atoms with Crippen molar-refractivity contribution < 1.29 is 14.0 Å². The summed E-state index contributed by atoms with van der Waals surface area (Å²) in [6, 6.07) is 3.51. The van der Waals surface area contributed by atoms with Gasteiger partial charge in [-0.3, -0.25) is 9.59 Å². The summed E-state index contributed by atoms with van der Waals surface area (Å²) in [5.74, 6) is -0.188. The van der Waals surface area contributed by atoms with E-state index in [-0.39, 0.29) is 5.91 Å². The van der Waals surface area contributed by atoms with Gasteiger partial charge in [0, 0.05) is 11.0 Å². The second kappa shape index (κ2) is 6.83. The van der Waals surface area contributed by atoms with Gasteiger partial charge in [-0.2, -0.15) is 0 Å². The molecule has 2 heterocycles. The summed E-state index contributed by atoms with van der Waals surface area (Å²) in [4.78, 5) is 25.1. The summed E-state index contributed by atoms with van der Waals surface area (Å²) in [5.41, 5.74) is 7.04. The minimum Gasteiger partial charge on any atom is -0.465 e. The Bertz CT molecular complexity index is 744. The maximum atomic E-state index is 12.1. The van der Waals surface area contributed by atoms with Crippen LogP contribution in [0.15, 0.2) is 28.9 Å². The largest absolute Gasteiger partial charge is 0.465 e. The molecular formula is C17H18N2O3S. The van der Waals surface area contributed by atoms with Crippen molar-refractivity contribution in [3.8, 4) is 0 Å². The fourth-order valence-electron chi connectivity index (χ4n) is 2.79. The molecule has 2 amide bonds. The SMILES string of the molecule is NC(=O)c1c(NC(=O)/C=C/c2ccco2)sc2c1CCCCC2. The summed E-state index contributed by atoms with van der Waals surface area (Å²) < 4.78 is 5.14. The molecule has 2 aromatic rings. The molecule has 0 fully saturated rings. The number of nitrogens with two attached hydrogens (primary N) is 1. The number of aryl methyl sites for hydroxylation is 1. The van der Waals surface area contributed by atoms with Gasteiger partial charge < -0.3 is 15.5 Å². The lowest BCUT2D eigenvalue weighted by atomic mass is 10.1. The standard InChI is InChI=1S/C17H18N2O3S/c18-16(21)15-12-6-2-1-3-7-13(12)23-17(15)19-14(20)9-8-11-5-4-10-22-11/h4-5,8-10H,1-3,6-7H2,(H2,18,21)(H,19,20)/b9-8+. The van der Waals surface area contributed by atoms with Crippen molar-refractivity contribution >= 4 is 34.2 Å². The lowest BCUT2D eigenvalue weighted by molar-refractivity contribution is -0.111. The highest BCUT2D eigenvalue weighted by Gasteiger charge is 2.23. The van der Waals surface area contributed by atoms with Crippen molar-refractivity contribution in [3.05, 3.63) is 46.2 Å². The van der Waals surface area contributed by atoms with E-state index in [0.717, 1.165) is 37.7 Å². The first-order chi connectivity index (χ1) is 11.1. The first kappa shape index (κ1) is 15.6. The number of amides is 2. The molecule has 0 aromatic carbocycles. The van der Waals surface area contributed by atoms with E-state index >= 15 is 0 Å². The van der Waals surface area contributed by atoms with Gasteiger partial charge in [0.15, 0.2) is 0 Å². The van der Waals surface area contributed by atoms with E-state index in [1.807, 2.05) is 0 Å². The molecule has 0 radical (unpaired) electrons. The maximum absolute atomic E-state index is 12.1. The van der Waals surface area contributed by atoms with Gasteiger partial charge in [-0.15, -0.1) is 11.3 Å². The maximum Gasteiger partial charge on any atom is 0.251 e. The van der Waals surface area contributed by atoms with Crippen molar-refractivity contribution in [3.63, 3.8) is 0 Å². The van der Waals surface area contributed by atoms with Crippen LogP contribution in [0, 0.1) is 0 Å². The quantitative estimate of drug-likeness (QED) is 0.666. The number of carbonyl (C=O) groups excluding carboxylic acids is 2. The van der Waals surface area contributed by atoms with Gasteiger partial charge in [-0.1, -0.05) is 6.42 Å². The van der Waals surface area contributed by atoms with Crippen LogP contribution in [0.1, 0.15) is 45.8 Å². The van der Waals surface area contributed by atoms with Gasteiger partial charge in [0.1, 0.15) is 10.8 Å². The molecular weight excluding hydrogens is 312 g/mol. The third-order valence-electron chi connectivity index (χ3n) is 3.85. The number of rotatable bonds is 4. The second-order valence-corrected chi connectivity index (χ2v) is 6.58. The molecule has 0 unspecified atom stereocenters. The molecule has 120 valence electrons. The molecule has 1 aliphatic rings. The topological polar surface area (TPSA) is 85.3 Å². The minimum atomic E-state index is -0.477. The van der Waals surface area contributed by atoms with Crippen molar-refractivity contribution in [2.45, 2.75) is 32.1 Å². The molecule has 1 aliphatic carbocycles. The summed E-state index contributed by atoms with van der Waals surface area (Å²) in [5, 5.41) is 3.34. The van der Waals surface area contributed by atoms with Crippen LogP contribution < -0.4 is 11.1 Å². The van der Waals surface area contributed by atoms with Crippen LogP contribution in [0.5, 0.6) is 0 Å². The zero-order valence-electron chi connectivity index (χ0n) is 12.6. The average Bonchev–Trinajstić information content (AvgIpc) is 3.08. The van der Waals surface area contributed by atoms with Crippen LogP contribution in [0.4, 0.5) is 5.00 Å². The Morgan fingerprint density at radius 1 is 1.26 bits per heavy atom. The van der Waals surface area contributed by atoms with Crippen molar-refractivity contribution in [1.29, 1.82) is 0 Å². The van der Waals surface area contributed by atoms with Crippen LogP contribution in [0.2, 0.25) is 0 Å². The summed E-state index contributed by atoms with van der Waals surface area (Å²) in [6.45, 7) is 0. The number of carbonyl (C=O) groups is 2. The highest BCUT2D eigenvalue weighted by Crippen LogP contribution is 2.37. The molecule has 0 spiro atoms. The smallest absolute Gasteiger partial charge is 0.251 e. The fourth-order valence-corrected chi connectivity index (χ4v) is 4.09. The highest BCUT2D eigenvalue weighted by molar-refractivity contribution is 7.17. The predicted molar refractivity (Wildman–Crippen MR) is 90.5 cm³/mol. The van der Waals surface area contributed by atoms with Crippen LogP contribution in [-0.4, -0.2) is 11.8 Å². The highest BCUT2D eigenvalue weighted by atomic mass is 32.1. The lowest BCUT2D eigenvalue weighted by Crippen LogP contribution is -2.16. The van der Waals surface area contributed by atoms with Crippen LogP contribution in [-0.2, 0) is 17.6 Å². The Kier molecular flexibility index (Phi) is 4.62. The Labute approximate surface area is 138 Å². The fraction of sp³-hybridized carbons (Fsp3) is 0.294. The Hall–Kier alpha value is -2.34. The van der Waals surface area contributed by atoms with Crippen molar-refractivity contribution in [1.82, 2.24) is 0 Å². The number of furan rings is 1. The molecule has 3 rings (SSSR count). The predicted octanol–water partition coefficient (Wildman–Crippen LogP) is 3.36. The van der Waals surface area contributed by atoms with Gasteiger partial charge in [0.05, 0.1) is 11.8 Å². The molecule has 6 heteroatoms. The number of nitrogens with one attached hydrogen (secondary N) is 1. The van der Waals surface area contributed by atoms with Crippen LogP contribution in [0.3, 0.4) is 0 Å². The molecule has 23 heavy (non-hydrogen) atoms. The minimum absolute atomic E-state index is 0.305. The van der Waals surface area contributed by atoms with E-state index in [2.05, 4.69) is 5.32 Å². The molecule has 0 atom stereocenters. The lowest BCUT2D eigenvalue weighted by Gasteiger charge is -2.04. The summed E-state index contributed by atoms with van der Waals surface area (Å²) in [7, 11) is 0. The van der Waals surface area contributed by atoms with E-state index in [0.29, 0.717) is 16.3 Å². The average molecular weight is 330 g/mol. The van der Waals surface area contributed by atoms with Crippen LogP contribution in [0.25, 0.3) is 6.08 Å². The van der Waals surface area contributed by atoms with Gasteiger partial charge in [-0.05, 0) is 49.5 Å². The molecule has 0 saturated heterocycles. The number of anilines is 1. The van der Waals surface area contributed by atoms with Crippen LogP contribution >= 0.6 is 11.3 Å². The summed E-state index contributed by atoms with van der Waals surface area (Å²) in [6.07, 6.45) is 9.62. The first-order valence-electron chi connectivity index (χ1n) is 7.62. The number of hydrogen-bond donors (Lipinski definition) is 2. The van der Waals surface area contributed by atoms with Gasteiger partial charge in [-0.25, -0.2) is 0 Å². The van der Waals surface area contributed by atoms with Gasteiger partial charge >= 0.3 is 0 Å². The van der Waals surface area contributed by atoms with E-state index in [4.69, 9.17) is 10.2 Å². The van der Waals surface area contributed by atoms with E-state index in [1.165, 1.54) is 22.3 Å². The number of thiophene rings is 1. The monoisotopic (exact) mass is 330 g/mol. The zero-order valence-corrected chi connectivity index (χ0v) is 13.4. The van der Waals surface area contributed by atoms with Gasteiger partial charge in [0.2, 0.25) is 5.91 Å². The van der Waals surface area contributed by atoms with Crippen molar-refractivity contribution in [2.75, 3.05) is 5.32 Å².